The number of amides is 1. The minimum Gasteiger partial charge on any atom is -0.381 e. The van der Waals surface area contributed by atoms with E-state index in [4.69, 9.17) is 10.00 Å². The molecule has 1 heterocycles. The maximum Gasteiger partial charge on any atom is 0.224 e. The van der Waals surface area contributed by atoms with Crippen molar-refractivity contribution < 1.29 is 9.53 Å². The number of nitrogens with one attached hydrogen (secondary N) is 1. The van der Waals surface area contributed by atoms with Crippen molar-refractivity contribution in [2.45, 2.75) is 12.8 Å². The molecule has 1 aromatic rings. The first kappa shape index (κ1) is 12.6. The Labute approximate surface area is 107 Å². The van der Waals surface area contributed by atoms with Gasteiger partial charge in [0.1, 0.15) is 0 Å². The molecule has 4 nitrogen and oxygen atoms in total. The van der Waals surface area contributed by atoms with E-state index in [-0.39, 0.29) is 5.91 Å². The predicted molar refractivity (Wildman–Crippen MR) is 66.8 cm³/mol. The van der Waals surface area contributed by atoms with Gasteiger partial charge in [-0.1, -0.05) is 12.1 Å². The zero-order valence-electron chi connectivity index (χ0n) is 10.2. The molecule has 2 rings (SSSR count). The van der Waals surface area contributed by atoms with E-state index in [1.54, 1.807) is 12.1 Å². The highest BCUT2D eigenvalue weighted by atomic mass is 16.5. The van der Waals surface area contributed by atoms with Crippen LogP contribution in [-0.4, -0.2) is 25.7 Å². The normalized spacial score (nSPS) is 18.3. The summed E-state index contributed by atoms with van der Waals surface area (Å²) in [5.74, 6) is 0.474. The molecule has 1 aliphatic rings. The number of hydrogen-bond acceptors (Lipinski definition) is 3. The lowest BCUT2D eigenvalue weighted by molar-refractivity contribution is -0.120. The molecule has 1 saturated heterocycles. The van der Waals surface area contributed by atoms with E-state index in [2.05, 4.69) is 11.4 Å². The SMILES string of the molecule is N#Cc1ccc(CC(=O)NCC2CCOC2)cc1. The van der Waals surface area contributed by atoms with Crippen LogP contribution < -0.4 is 5.32 Å². The Bertz CT molecular complexity index is 442. The zero-order valence-corrected chi connectivity index (χ0v) is 10.2. The Balaban J connectivity index is 1.77. The maximum absolute atomic E-state index is 11.7. The van der Waals surface area contributed by atoms with Gasteiger partial charge in [0.05, 0.1) is 24.7 Å². The molecule has 0 saturated carbocycles. The summed E-state index contributed by atoms with van der Waals surface area (Å²) < 4.78 is 5.25. The molecule has 0 aliphatic carbocycles. The molecule has 94 valence electrons. The average molecular weight is 244 g/mol. The van der Waals surface area contributed by atoms with Crippen LogP contribution in [0.2, 0.25) is 0 Å². The topological polar surface area (TPSA) is 62.1 Å². The van der Waals surface area contributed by atoms with Gasteiger partial charge in [0.15, 0.2) is 0 Å². The zero-order chi connectivity index (χ0) is 12.8. The van der Waals surface area contributed by atoms with E-state index in [1.807, 2.05) is 12.1 Å². The Kier molecular flexibility index (Phi) is 4.32. The highest BCUT2D eigenvalue weighted by molar-refractivity contribution is 5.78. The smallest absolute Gasteiger partial charge is 0.224 e. The number of carbonyl (C=O) groups excluding carboxylic acids is 1. The molecule has 1 aromatic carbocycles. The lowest BCUT2D eigenvalue weighted by Crippen LogP contribution is -2.30. The first-order chi connectivity index (χ1) is 8.78. The maximum atomic E-state index is 11.7. The number of carbonyl (C=O) groups is 1. The van der Waals surface area contributed by atoms with Gasteiger partial charge in [-0.05, 0) is 24.1 Å². The molecule has 1 unspecified atom stereocenters. The fourth-order valence-corrected chi connectivity index (χ4v) is 1.95. The first-order valence-electron chi connectivity index (χ1n) is 6.11. The van der Waals surface area contributed by atoms with Gasteiger partial charge in [-0.3, -0.25) is 4.79 Å². The van der Waals surface area contributed by atoms with Crippen LogP contribution in [0.25, 0.3) is 0 Å². The van der Waals surface area contributed by atoms with Gasteiger partial charge in [0.25, 0.3) is 0 Å². The summed E-state index contributed by atoms with van der Waals surface area (Å²) >= 11 is 0. The van der Waals surface area contributed by atoms with Gasteiger partial charge in [-0.25, -0.2) is 0 Å². The molecule has 0 aromatic heterocycles. The predicted octanol–water partition coefficient (Wildman–Crippen LogP) is 1.25. The van der Waals surface area contributed by atoms with Crippen LogP contribution in [0.15, 0.2) is 24.3 Å². The van der Waals surface area contributed by atoms with Crippen molar-refractivity contribution in [3.8, 4) is 6.07 Å². The lowest BCUT2D eigenvalue weighted by atomic mass is 10.1. The molecule has 18 heavy (non-hydrogen) atoms. The van der Waals surface area contributed by atoms with E-state index >= 15 is 0 Å². The number of nitriles is 1. The summed E-state index contributed by atoms with van der Waals surface area (Å²) in [5, 5.41) is 11.6. The monoisotopic (exact) mass is 244 g/mol. The highest BCUT2D eigenvalue weighted by Crippen LogP contribution is 2.10. The molecule has 0 bridgehead atoms. The molecule has 0 radical (unpaired) electrons. The Morgan fingerprint density at radius 2 is 2.22 bits per heavy atom. The highest BCUT2D eigenvalue weighted by Gasteiger charge is 2.16. The van der Waals surface area contributed by atoms with Gasteiger partial charge in [0.2, 0.25) is 5.91 Å². The Morgan fingerprint density at radius 1 is 1.44 bits per heavy atom. The van der Waals surface area contributed by atoms with Crippen molar-refractivity contribution in [2.24, 2.45) is 5.92 Å². The number of nitrogens with zero attached hydrogens (tertiary/aromatic N) is 1. The van der Waals surface area contributed by atoms with E-state index in [9.17, 15) is 4.79 Å². The number of benzene rings is 1. The van der Waals surface area contributed by atoms with E-state index in [0.717, 1.165) is 25.2 Å². The van der Waals surface area contributed by atoms with Gasteiger partial charge >= 0.3 is 0 Å². The second kappa shape index (κ2) is 6.18. The molecular weight excluding hydrogens is 228 g/mol. The van der Waals surface area contributed by atoms with Crippen molar-refractivity contribution in [1.29, 1.82) is 5.26 Å². The molecule has 1 aliphatic heterocycles. The molecule has 1 N–H and O–H groups in total. The third-order valence-electron chi connectivity index (χ3n) is 3.06. The minimum absolute atomic E-state index is 0.0200. The van der Waals surface area contributed by atoms with E-state index < -0.39 is 0 Å². The average Bonchev–Trinajstić information content (AvgIpc) is 2.90. The van der Waals surface area contributed by atoms with Crippen LogP contribution in [0, 0.1) is 17.2 Å². The summed E-state index contributed by atoms with van der Waals surface area (Å²) in [6.07, 6.45) is 1.39. The number of ether oxygens (including phenoxy) is 1. The van der Waals surface area contributed by atoms with E-state index in [0.29, 0.717) is 24.4 Å². The van der Waals surface area contributed by atoms with Crippen LogP contribution >= 0.6 is 0 Å². The largest absolute Gasteiger partial charge is 0.381 e. The van der Waals surface area contributed by atoms with E-state index in [1.165, 1.54) is 0 Å². The number of hydrogen-bond donors (Lipinski definition) is 1. The van der Waals surface area contributed by atoms with Crippen molar-refractivity contribution >= 4 is 5.91 Å². The van der Waals surface area contributed by atoms with Crippen LogP contribution in [0.1, 0.15) is 17.5 Å². The molecule has 0 spiro atoms. The second-order valence-electron chi connectivity index (χ2n) is 4.52. The molecule has 1 fully saturated rings. The summed E-state index contributed by atoms with van der Waals surface area (Å²) in [4.78, 5) is 11.7. The fourth-order valence-electron chi connectivity index (χ4n) is 1.95. The Morgan fingerprint density at radius 3 is 2.83 bits per heavy atom. The van der Waals surface area contributed by atoms with Crippen LogP contribution in [0.5, 0.6) is 0 Å². The van der Waals surface area contributed by atoms with Crippen molar-refractivity contribution in [2.75, 3.05) is 19.8 Å². The third kappa shape index (κ3) is 3.57. The van der Waals surface area contributed by atoms with Gasteiger partial charge in [0, 0.05) is 19.1 Å². The summed E-state index contributed by atoms with van der Waals surface area (Å²) in [5.41, 5.74) is 1.54. The first-order valence-corrected chi connectivity index (χ1v) is 6.11. The van der Waals surface area contributed by atoms with Gasteiger partial charge in [-0.15, -0.1) is 0 Å². The minimum atomic E-state index is 0.0200. The quantitative estimate of drug-likeness (QED) is 0.867. The van der Waals surface area contributed by atoms with Crippen molar-refractivity contribution in [3.63, 3.8) is 0 Å². The molecule has 1 amide bonds. The number of rotatable bonds is 4. The van der Waals surface area contributed by atoms with Crippen LogP contribution in [0.3, 0.4) is 0 Å². The van der Waals surface area contributed by atoms with Crippen molar-refractivity contribution in [3.05, 3.63) is 35.4 Å². The van der Waals surface area contributed by atoms with Crippen LogP contribution in [-0.2, 0) is 16.0 Å². The summed E-state index contributed by atoms with van der Waals surface area (Å²) in [6, 6.07) is 9.15. The third-order valence-corrected chi connectivity index (χ3v) is 3.06. The summed E-state index contributed by atoms with van der Waals surface area (Å²) in [6.45, 7) is 2.24. The molecular formula is C14H16N2O2. The fraction of sp³-hybridized carbons (Fsp3) is 0.429. The van der Waals surface area contributed by atoms with Crippen molar-refractivity contribution in [1.82, 2.24) is 5.32 Å². The second-order valence-corrected chi connectivity index (χ2v) is 4.52. The lowest BCUT2D eigenvalue weighted by Gasteiger charge is -2.09. The van der Waals surface area contributed by atoms with Gasteiger partial charge in [-0.2, -0.15) is 5.26 Å². The summed E-state index contributed by atoms with van der Waals surface area (Å²) in [7, 11) is 0. The molecule has 1 atom stereocenters. The van der Waals surface area contributed by atoms with Crippen LogP contribution in [0.4, 0.5) is 0 Å². The van der Waals surface area contributed by atoms with Gasteiger partial charge < -0.3 is 10.1 Å². The molecule has 4 heteroatoms. The standard InChI is InChI=1S/C14H16N2O2/c15-8-12-3-1-11(2-4-12)7-14(17)16-9-13-5-6-18-10-13/h1-4,13H,5-7,9-10H2,(H,16,17). The Hall–Kier alpha value is -1.86.